The fraction of sp³-hybridized carbons (Fsp3) is 0.400. The van der Waals surface area contributed by atoms with E-state index in [1.165, 1.54) is 26.2 Å². The molecule has 1 unspecified atom stereocenters. The zero-order valence-electron chi connectivity index (χ0n) is 15.7. The quantitative estimate of drug-likeness (QED) is 0.375. The maximum Gasteiger partial charge on any atom is 0.233 e. The maximum atomic E-state index is 12.7. The number of phenolic OH excluding ortho intramolecular Hbond substituents is 3. The van der Waals surface area contributed by atoms with Crippen molar-refractivity contribution in [1.82, 2.24) is 0 Å². The second kappa shape index (κ2) is 7.60. The van der Waals surface area contributed by atoms with Crippen LogP contribution in [-0.2, 0) is 16.0 Å². The van der Waals surface area contributed by atoms with Crippen molar-refractivity contribution >= 4 is 22.3 Å². The Bertz CT molecular complexity index is 982. The molecule has 29 heavy (non-hydrogen) atoms. The van der Waals surface area contributed by atoms with E-state index in [2.05, 4.69) is 0 Å². The number of hydrogen-bond donors (Lipinski definition) is 6. The Morgan fingerprint density at radius 2 is 1.69 bits per heavy atom. The molecule has 0 amide bonds. The highest BCUT2D eigenvalue weighted by atomic mass is 16.5. The summed E-state index contributed by atoms with van der Waals surface area (Å²) in [5, 5.41) is 60.2. The third-order valence-electron chi connectivity index (χ3n) is 5.33. The molecule has 0 fully saturated rings. The van der Waals surface area contributed by atoms with Crippen LogP contribution in [0, 0.1) is 5.92 Å². The minimum atomic E-state index is -1.65. The number of aliphatic hydroxyl groups is 3. The molecule has 3 rings (SSSR count). The first-order chi connectivity index (χ1) is 13.6. The van der Waals surface area contributed by atoms with Crippen LogP contribution in [0.2, 0.25) is 0 Å². The first-order valence-corrected chi connectivity index (χ1v) is 8.94. The van der Waals surface area contributed by atoms with E-state index in [1.807, 2.05) is 0 Å². The molecule has 1 aliphatic rings. The number of fused-ring (bicyclic) bond motifs is 2. The summed E-state index contributed by atoms with van der Waals surface area (Å²) in [7, 11) is 1.20. The van der Waals surface area contributed by atoms with Gasteiger partial charge in [0.05, 0.1) is 29.1 Å². The SMILES string of the molecule is CO[C@H](C(O)[C@@H](O)[C@@H](C)O)[C@@H]1Cc2cc3cc(O)cc(O)c3c(O)c2C(=O)C1=O. The molecule has 9 heteroatoms. The van der Waals surface area contributed by atoms with Gasteiger partial charge in [0.25, 0.3) is 0 Å². The number of aromatic hydroxyl groups is 3. The van der Waals surface area contributed by atoms with Crippen molar-refractivity contribution in [2.75, 3.05) is 7.11 Å². The first kappa shape index (κ1) is 21.0. The molecule has 5 atom stereocenters. The van der Waals surface area contributed by atoms with Crippen molar-refractivity contribution < 1.29 is 45.0 Å². The van der Waals surface area contributed by atoms with Gasteiger partial charge in [-0.15, -0.1) is 0 Å². The average molecular weight is 406 g/mol. The van der Waals surface area contributed by atoms with E-state index in [-0.39, 0.29) is 34.1 Å². The predicted molar refractivity (Wildman–Crippen MR) is 100.0 cm³/mol. The van der Waals surface area contributed by atoms with Gasteiger partial charge in [-0.25, -0.2) is 0 Å². The number of ketones is 2. The van der Waals surface area contributed by atoms with E-state index in [0.717, 1.165) is 6.07 Å². The average Bonchev–Trinajstić information content (AvgIpc) is 2.64. The van der Waals surface area contributed by atoms with Gasteiger partial charge >= 0.3 is 0 Å². The topological polar surface area (TPSA) is 165 Å². The summed E-state index contributed by atoms with van der Waals surface area (Å²) < 4.78 is 5.18. The summed E-state index contributed by atoms with van der Waals surface area (Å²) in [6.45, 7) is 1.26. The molecular weight excluding hydrogens is 384 g/mol. The zero-order chi connectivity index (χ0) is 21.6. The van der Waals surface area contributed by atoms with Crippen LogP contribution in [0.1, 0.15) is 22.8 Å². The van der Waals surface area contributed by atoms with Crippen LogP contribution < -0.4 is 0 Å². The third kappa shape index (κ3) is 3.42. The Kier molecular flexibility index (Phi) is 5.50. The molecule has 0 saturated heterocycles. The lowest BCUT2D eigenvalue weighted by molar-refractivity contribution is -0.143. The van der Waals surface area contributed by atoms with Crippen molar-refractivity contribution in [3.8, 4) is 17.2 Å². The standard InChI is InChI=1S/C20H22O9/c1-7(21)15(24)19(28)20(29-2)11-5-9-3-8-4-10(22)6-12(23)13(8)17(26)14(9)18(27)16(11)25/h3-4,6-7,11,15,19-24,26,28H,5H2,1-2H3/t7-,11-,15+,19?,20+/m1/s1. The molecule has 0 heterocycles. The number of ether oxygens (including phenoxy) is 1. The van der Waals surface area contributed by atoms with Crippen LogP contribution in [0.4, 0.5) is 0 Å². The molecule has 2 aromatic carbocycles. The molecule has 0 saturated carbocycles. The highest BCUT2D eigenvalue weighted by molar-refractivity contribution is 6.46. The van der Waals surface area contributed by atoms with Crippen LogP contribution in [-0.4, -0.2) is 73.7 Å². The number of phenols is 3. The minimum absolute atomic E-state index is 0.0750. The molecule has 9 nitrogen and oxygen atoms in total. The first-order valence-electron chi connectivity index (χ1n) is 8.94. The van der Waals surface area contributed by atoms with Gasteiger partial charge in [0.2, 0.25) is 11.6 Å². The number of benzene rings is 2. The number of aliphatic hydroxyl groups excluding tert-OH is 3. The Labute approximate surface area is 165 Å². The molecular formula is C20H22O9. The molecule has 2 aromatic rings. The van der Waals surface area contributed by atoms with Gasteiger partial charge in [0, 0.05) is 13.2 Å². The van der Waals surface area contributed by atoms with Crippen LogP contribution in [0.15, 0.2) is 18.2 Å². The zero-order valence-corrected chi connectivity index (χ0v) is 15.7. The van der Waals surface area contributed by atoms with Gasteiger partial charge in [-0.3, -0.25) is 9.59 Å². The summed E-state index contributed by atoms with van der Waals surface area (Å²) in [6, 6.07) is 3.73. The number of methoxy groups -OCH3 is 1. The van der Waals surface area contributed by atoms with Crippen molar-refractivity contribution in [1.29, 1.82) is 0 Å². The fourth-order valence-electron chi connectivity index (χ4n) is 3.86. The summed E-state index contributed by atoms with van der Waals surface area (Å²) in [4.78, 5) is 25.4. The molecule has 0 spiro atoms. The molecule has 0 aromatic heterocycles. The molecule has 0 radical (unpaired) electrons. The lowest BCUT2D eigenvalue weighted by atomic mass is 9.75. The minimum Gasteiger partial charge on any atom is -0.508 e. The summed E-state index contributed by atoms with van der Waals surface area (Å²) >= 11 is 0. The van der Waals surface area contributed by atoms with Crippen molar-refractivity contribution in [2.24, 2.45) is 5.92 Å². The van der Waals surface area contributed by atoms with E-state index in [9.17, 15) is 40.2 Å². The number of carbonyl (C=O) groups is 2. The Hall–Kier alpha value is -2.72. The molecule has 6 N–H and O–H groups in total. The second-order valence-corrected chi connectivity index (χ2v) is 7.25. The second-order valence-electron chi connectivity index (χ2n) is 7.25. The number of rotatable bonds is 5. The fourth-order valence-corrected chi connectivity index (χ4v) is 3.86. The number of carbonyl (C=O) groups excluding carboxylic acids is 2. The van der Waals surface area contributed by atoms with Gasteiger partial charge in [-0.2, -0.15) is 0 Å². The van der Waals surface area contributed by atoms with Crippen molar-refractivity contribution in [2.45, 2.75) is 37.8 Å². The number of Topliss-reactive ketones (excluding diaryl/α,β-unsaturated/α-hetero) is 2. The van der Waals surface area contributed by atoms with Crippen LogP contribution in [0.3, 0.4) is 0 Å². The van der Waals surface area contributed by atoms with Gasteiger partial charge in [-0.05, 0) is 36.4 Å². The Morgan fingerprint density at radius 3 is 2.28 bits per heavy atom. The van der Waals surface area contributed by atoms with Crippen LogP contribution in [0.25, 0.3) is 10.8 Å². The van der Waals surface area contributed by atoms with Gasteiger partial charge < -0.3 is 35.4 Å². The largest absolute Gasteiger partial charge is 0.508 e. The summed E-state index contributed by atoms with van der Waals surface area (Å²) in [6.07, 6.45) is -5.96. The van der Waals surface area contributed by atoms with Crippen LogP contribution >= 0.6 is 0 Å². The van der Waals surface area contributed by atoms with Crippen LogP contribution in [0.5, 0.6) is 17.2 Å². The summed E-state index contributed by atoms with van der Waals surface area (Å²) in [5.41, 5.74) is -0.00413. The lowest BCUT2D eigenvalue weighted by Crippen LogP contribution is -2.51. The van der Waals surface area contributed by atoms with Crippen molar-refractivity contribution in [3.05, 3.63) is 29.3 Å². The van der Waals surface area contributed by atoms with E-state index >= 15 is 0 Å². The number of hydrogen-bond acceptors (Lipinski definition) is 9. The van der Waals surface area contributed by atoms with Crippen molar-refractivity contribution in [3.63, 3.8) is 0 Å². The van der Waals surface area contributed by atoms with E-state index in [1.54, 1.807) is 0 Å². The van der Waals surface area contributed by atoms with Gasteiger partial charge in [0.1, 0.15) is 29.5 Å². The normalized spacial score (nSPS) is 20.9. The van der Waals surface area contributed by atoms with E-state index < -0.39 is 53.4 Å². The Balaban J connectivity index is 2.11. The maximum absolute atomic E-state index is 12.7. The van der Waals surface area contributed by atoms with E-state index in [4.69, 9.17) is 4.74 Å². The molecule has 1 aliphatic carbocycles. The summed E-state index contributed by atoms with van der Waals surface area (Å²) in [5.74, 6) is -4.42. The highest BCUT2D eigenvalue weighted by Gasteiger charge is 2.45. The molecule has 0 aliphatic heterocycles. The van der Waals surface area contributed by atoms with E-state index in [0.29, 0.717) is 0 Å². The van der Waals surface area contributed by atoms with Gasteiger partial charge in [0.15, 0.2) is 0 Å². The molecule has 0 bridgehead atoms. The monoisotopic (exact) mass is 406 g/mol. The smallest absolute Gasteiger partial charge is 0.233 e. The predicted octanol–water partition coefficient (Wildman–Crippen LogP) is -0.00170. The third-order valence-corrected chi connectivity index (χ3v) is 5.33. The van der Waals surface area contributed by atoms with Gasteiger partial charge in [-0.1, -0.05) is 0 Å². The lowest BCUT2D eigenvalue weighted by Gasteiger charge is -2.34. The molecule has 156 valence electrons. The Morgan fingerprint density at radius 1 is 1.03 bits per heavy atom. The highest BCUT2D eigenvalue weighted by Crippen LogP contribution is 2.43.